The lowest BCUT2D eigenvalue weighted by Crippen LogP contribution is -2.39. The number of aryl methyl sites for hydroxylation is 1. The molecule has 3 nitrogen and oxygen atoms in total. The van der Waals surface area contributed by atoms with Gasteiger partial charge in [-0.25, -0.2) is 0 Å². The number of hydrogen-bond donors (Lipinski definition) is 1. The Balaban J connectivity index is 1.89. The summed E-state index contributed by atoms with van der Waals surface area (Å²) in [5.74, 6) is 0.886. The van der Waals surface area contributed by atoms with E-state index in [4.69, 9.17) is 10.5 Å². The first-order valence-electron chi connectivity index (χ1n) is 8.17. The standard InChI is InChI=1S/C18H30N2O/c1-14-6-4-5-7-17(14)18(19)10-11-20(12-13-21-3)15(2)16-8-9-16/h4-7,15-16,18H,8-13,19H2,1-3H3. The molecule has 0 amide bonds. The Morgan fingerprint density at radius 2 is 2.00 bits per heavy atom. The molecule has 1 saturated carbocycles. The maximum Gasteiger partial charge on any atom is 0.0589 e. The molecule has 3 heteroatoms. The fourth-order valence-corrected chi connectivity index (χ4v) is 3.07. The molecule has 1 aromatic carbocycles. The van der Waals surface area contributed by atoms with Crippen molar-refractivity contribution in [2.24, 2.45) is 11.7 Å². The molecule has 0 bridgehead atoms. The van der Waals surface area contributed by atoms with Crippen molar-refractivity contribution in [3.05, 3.63) is 35.4 Å². The maximum absolute atomic E-state index is 6.41. The van der Waals surface area contributed by atoms with Crippen molar-refractivity contribution in [3.63, 3.8) is 0 Å². The average Bonchev–Trinajstić information content (AvgIpc) is 3.31. The summed E-state index contributed by atoms with van der Waals surface area (Å²) < 4.78 is 5.26. The Morgan fingerprint density at radius 3 is 2.62 bits per heavy atom. The van der Waals surface area contributed by atoms with E-state index in [2.05, 4.69) is 43.0 Å². The van der Waals surface area contributed by atoms with Crippen LogP contribution >= 0.6 is 0 Å². The molecule has 0 spiro atoms. The molecule has 2 unspecified atom stereocenters. The van der Waals surface area contributed by atoms with Crippen molar-refractivity contribution >= 4 is 0 Å². The number of ether oxygens (including phenoxy) is 1. The number of nitrogens with zero attached hydrogens (tertiary/aromatic N) is 1. The van der Waals surface area contributed by atoms with Gasteiger partial charge >= 0.3 is 0 Å². The molecule has 0 saturated heterocycles. The molecule has 1 aromatic rings. The number of methoxy groups -OCH3 is 1. The minimum absolute atomic E-state index is 0.127. The van der Waals surface area contributed by atoms with Crippen molar-refractivity contribution in [1.82, 2.24) is 4.90 Å². The molecule has 2 rings (SSSR count). The Hall–Kier alpha value is -0.900. The first kappa shape index (κ1) is 16.5. The predicted molar refractivity (Wildman–Crippen MR) is 88.4 cm³/mol. The summed E-state index contributed by atoms with van der Waals surface area (Å²) in [6.07, 6.45) is 3.77. The summed E-state index contributed by atoms with van der Waals surface area (Å²) >= 11 is 0. The van der Waals surface area contributed by atoms with Crippen LogP contribution in [-0.4, -0.2) is 37.7 Å². The number of rotatable bonds is 9. The van der Waals surface area contributed by atoms with Crippen molar-refractivity contribution in [2.45, 2.75) is 45.2 Å². The first-order chi connectivity index (χ1) is 10.1. The third kappa shape index (κ3) is 4.80. The van der Waals surface area contributed by atoms with Gasteiger partial charge in [-0.05, 0) is 50.2 Å². The second-order valence-electron chi connectivity index (χ2n) is 6.36. The van der Waals surface area contributed by atoms with E-state index in [9.17, 15) is 0 Å². The highest BCUT2D eigenvalue weighted by Gasteiger charge is 2.31. The van der Waals surface area contributed by atoms with Crippen LogP contribution in [0.15, 0.2) is 24.3 Å². The van der Waals surface area contributed by atoms with Crippen molar-refractivity contribution in [1.29, 1.82) is 0 Å². The number of nitrogens with two attached hydrogens (primary N) is 1. The molecule has 2 atom stereocenters. The van der Waals surface area contributed by atoms with E-state index in [1.54, 1.807) is 7.11 Å². The van der Waals surface area contributed by atoms with Crippen LogP contribution in [0, 0.1) is 12.8 Å². The summed E-state index contributed by atoms with van der Waals surface area (Å²) in [7, 11) is 1.78. The lowest BCUT2D eigenvalue weighted by atomic mass is 9.99. The molecule has 2 N–H and O–H groups in total. The highest BCUT2D eigenvalue weighted by molar-refractivity contribution is 5.28. The second-order valence-corrected chi connectivity index (χ2v) is 6.36. The van der Waals surface area contributed by atoms with E-state index in [0.29, 0.717) is 6.04 Å². The van der Waals surface area contributed by atoms with Gasteiger partial charge in [-0.3, -0.25) is 4.90 Å². The van der Waals surface area contributed by atoms with E-state index < -0.39 is 0 Å². The quantitative estimate of drug-likeness (QED) is 0.759. The van der Waals surface area contributed by atoms with Crippen LogP contribution in [0.2, 0.25) is 0 Å². The Morgan fingerprint density at radius 1 is 1.29 bits per heavy atom. The maximum atomic E-state index is 6.41. The first-order valence-corrected chi connectivity index (χ1v) is 8.17. The zero-order chi connectivity index (χ0) is 15.2. The monoisotopic (exact) mass is 290 g/mol. The van der Waals surface area contributed by atoms with Gasteiger partial charge < -0.3 is 10.5 Å². The van der Waals surface area contributed by atoms with Crippen LogP contribution in [0.1, 0.15) is 43.4 Å². The summed E-state index contributed by atoms with van der Waals surface area (Å²) in [5, 5.41) is 0. The fourth-order valence-electron chi connectivity index (χ4n) is 3.07. The molecule has 0 heterocycles. The van der Waals surface area contributed by atoms with Gasteiger partial charge in [0.15, 0.2) is 0 Å². The van der Waals surface area contributed by atoms with Gasteiger partial charge in [-0.15, -0.1) is 0 Å². The third-order valence-corrected chi connectivity index (χ3v) is 4.78. The summed E-state index contributed by atoms with van der Waals surface area (Å²) in [6.45, 7) is 7.36. The molecular weight excluding hydrogens is 260 g/mol. The minimum atomic E-state index is 0.127. The molecule has 0 radical (unpaired) electrons. The predicted octanol–water partition coefficient (Wildman–Crippen LogP) is 3.13. The topological polar surface area (TPSA) is 38.5 Å². The van der Waals surface area contributed by atoms with Crippen LogP contribution in [-0.2, 0) is 4.74 Å². The molecule has 1 fully saturated rings. The van der Waals surface area contributed by atoms with Gasteiger partial charge in [0.2, 0.25) is 0 Å². The van der Waals surface area contributed by atoms with Crippen molar-refractivity contribution < 1.29 is 4.74 Å². The van der Waals surface area contributed by atoms with Crippen LogP contribution in [0.5, 0.6) is 0 Å². The largest absolute Gasteiger partial charge is 0.383 e. The molecule has 21 heavy (non-hydrogen) atoms. The molecule has 1 aliphatic rings. The van der Waals surface area contributed by atoms with Crippen LogP contribution < -0.4 is 5.73 Å². The van der Waals surface area contributed by atoms with Crippen molar-refractivity contribution in [3.8, 4) is 0 Å². The van der Waals surface area contributed by atoms with Gasteiger partial charge in [0, 0.05) is 32.3 Å². The zero-order valence-electron chi connectivity index (χ0n) is 13.7. The van der Waals surface area contributed by atoms with E-state index in [1.807, 2.05) is 0 Å². The van der Waals surface area contributed by atoms with Crippen LogP contribution in [0.4, 0.5) is 0 Å². The molecule has 0 aliphatic heterocycles. The normalized spacial score (nSPS) is 18.0. The van der Waals surface area contributed by atoms with Crippen LogP contribution in [0.25, 0.3) is 0 Å². The summed E-state index contributed by atoms with van der Waals surface area (Å²) in [4.78, 5) is 2.55. The van der Waals surface area contributed by atoms with E-state index in [-0.39, 0.29) is 6.04 Å². The van der Waals surface area contributed by atoms with Crippen LogP contribution in [0.3, 0.4) is 0 Å². The highest BCUT2D eigenvalue weighted by Crippen LogP contribution is 2.35. The molecule has 0 aromatic heterocycles. The SMILES string of the molecule is COCCN(CCC(N)c1ccccc1C)C(C)C1CC1. The zero-order valence-corrected chi connectivity index (χ0v) is 13.7. The van der Waals surface area contributed by atoms with E-state index >= 15 is 0 Å². The third-order valence-electron chi connectivity index (χ3n) is 4.78. The van der Waals surface area contributed by atoms with Gasteiger partial charge in [0.05, 0.1) is 6.61 Å². The number of benzene rings is 1. The van der Waals surface area contributed by atoms with E-state index in [1.165, 1.54) is 24.0 Å². The van der Waals surface area contributed by atoms with Gasteiger partial charge in [-0.2, -0.15) is 0 Å². The van der Waals surface area contributed by atoms with Gasteiger partial charge in [0.25, 0.3) is 0 Å². The average molecular weight is 290 g/mol. The molecule has 1 aliphatic carbocycles. The lowest BCUT2D eigenvalue weighted by molar-refractivity contribution is 0.114. The van der Waals surface area contributed by atoms with Crippen molar-refractivity contribution in [2.75, 3.05) is 26.8 Å². The lowest BCUT2D eigenvalue weighted by Gasteiger charge is -2.30. The Bertz CT molecular complexity index is 431. The number of hydrogen-bond acceptors (Lipinski definition) is 3. The second kappa shape index (κ2) is 7.92. The smallest absolute Gasteiger partial charge is 0.0589 e. The van der Waals surface area contributed by atoms with Gasteiger partial charge in [-0.1, -0.05) is 24.3 Å². The molecule has 118 valence electrons. The fraction of sp³-hybridized carbons (Fsp3) is 0.667. The Labute approximate surface area is 129 Å². The molecular formula is C18H30N2O. The summed E-state index contributed by atoms with van der Waals surface area (Å²) in [5.41, 5.74) is 8.98. The van der Waals surface area contributed by atoms with Gasteiger partial charge in [0.1, 0.15) is 0 Å². The Kier molecular flexibility index (Phi) is 6.22. The van der Waals surface area contributed by atoms with E-state index in [0.717, 1.165) is 32.0 Å². The minimum Gasteiger partial charge on any atom is -0.383 e. The highest BCUT2D eigenvalue weighted by atomic mass is 16.5. The summed E-state index contributed by atoms with van der Waals surface area (Å²) in [6, 6.07) is 9.24.